The number of anilines is 1. The van der Waals surface area contributed by atoms with Crippen LogP contribution in [0.25, 0.3) is 0 Å². The molecule has 0 bridgehead atoms. The lowest BCUT2D eigenvalue weighted by Crippen LogP contribution is -2.51. The summed E-state index contributed by atoms with van der Waals surface area (Å²) in [5.74, 6) is -2.91. The molecule has 2 amide bonds. The van der Waals surface area contributed by atoms with Gasteiger partial charge in [-0.25, -0.2) is 4.79 Å². The van der Waals surface area contributed by atoms with Gasteiger partial charge in [-0.05, 0) is 31.5 Å². The minimum Gasteiger partial charge on any atom is -0.480 e. The molecular formula is C15H17F3N2O4. The maximum absolute atomic E-state index is 12.9. The first kappa shape index (κ1) is 19.5. The van der Waals surface area contributed by atoms with E-state index < -0.39 is 40.6 Å². The molecule has 0 aliphatic heterocycles. The van der Waals surface area contributed by atoms with Gasteiger partial charge in [0.05, 0.1) is 5.56 Å². The molecule has 24 heavy (non-hydrogen) atoms. The fourth-order valence-electron chi connectivity index (χ4n) is 1.81. The molecule has 0 aromatic heterocycles. The van der Waals surface area contributed by atoms with Gasteiger partial charge in [0.15, 0.2) is 0 Å². The van der Waals surface area contributed by atoms with E-state index in [1.807, 2.05) is 0 Å². The van der Waals surface area contributed by atoms with Gasteiger partial charge in [-0.2, -0.15) is 13.2 Å². The molecule has 132 valence electrons. The molecule has 9 heteroatoms. The fraction of sp³-hybridized carbons (Fsp3) is 0.400. The summed E-state index contributed by atoms with van der Waals surface area (Å²) in [5.41, 5.74) is -3.38. The number of hydrogen-bond donors (Lipinski definition) is 3. The van der Waals surface area contributed by atoms with Gasteiger partial charge in [-0.3, -0.25) is 9.59 Å². The van der Waals surface area contributed by atoms with Crippen LogP contribution in [0, 0.1) is 0 Å². The molecule has 1 rings (SSSR count). The van der Waals surface area contributed by atoms with E-state index >= 15 is 0 Å². The third kappa shape index (κ3) is 4.71. The van der Waals surface area contributed by atoms with Gasteiger partial charge in [0, 0.05) is 18.2 Å². The van der Waals surface area contributed by atoms with Crippen LogP contribution in [-0.4, -0.2) is 28.4 Å². The Hall–Kier alpha value is -2.58. The second kappa shape index (κ2) is 6.90. The number of nitrogens with one attached hydrogen (secondary N) is 2. The average Bonchev–Trinajstić information content (AvgIpc) is 2.44. The minimum atomic E-state index is -4.73. The number of hydrogen-bond acceptors (Lipinski definition) is 3. The van der Waals surface area contributed by atoms with Crippen molar-refractivity contribution in [3.05, 3.63) is 29.3 Å². The number of amides is 2. The van der Waals surface area contributed by atoms with Gasteiger partial charge in [0.25, 0.3) is 5.91 Å². The lowest BCUT2D eigenvalue weighted by atomic mass is 9.98. The van der Waals surface area contributed by atoms with Crippen LogP contribution in [0.3, 0.4) is 0 Å². The Morgan fingerprint density at radius 3 is 2.17 bits per heavy atom. The zero-order valence-electron chi connectivity index (χ0n) is 13.2. The molecule has 0 radical (unpaired) electrons. The summed E-state index contributed by atoms with van der Waals surface area (Å²) >= 11 is 0. The van der Waals surface area contributed by atoms with E-state index in [2.05, 4.69) is 10.6 Å². The van der Waals surface area contributed by atoms with E-state index in [9.17, 15) is 27.6 Å². The van der Waals surface area contributed by atoms with Crippen LogP contribution in [0.4, 0.5) is 18.9 Å². The van der Waals surface area contributed by atoms with Gasteiger partial charge in [0.2, 0.25) is 5.91 Å². The van der Waals surface area contributed by atoms with Crippen LogP contribution >= 0.6 is 0 Å². The Balaban J connectivity index is 3.28. The van der Waals surface area contributed by atoms with Crippen molar-refractivity contribution in [2.24, 2.45) is 0 Å². The van der Waals surface area contributed by atoms with Crippen LogP contribution < -0.4 is 10.6 Å². The predicted octanol–water partition coefficient (Wildman–Crippen LogP) is 2.65. The Bertz CT molecular complexity index is 673. The molecule has 0 aliphatic rings. The van der Waals surface area contributed by atoms with Crippen molar-refractivity contribution in [1.82, 2.24) is 5.32 Å². The third-order valence-electron chi connectivity index (χ3n) is 3.41. The average molecular weight is 346 g/mol. The highest BCUT2D eigenvalue weighted by atomic mass is 19.4. The Morgan fingerprint density at radius 1 is 1.17 bits per heavy atom. The van der Waals surface area contributed by atoms with Crippen LogP contribution in [0.2, 0.25) is 0 Å². The van der Waals surface area contributed by atoms with E-state index in [4.69, 9.17) is 5.11 Å². The van der Waals surface area contributed by atoms with E-state index in [0.29, 0.717) is 12.1 Å². The van der Waals surface area contributed by atoms with Crippen molar-refractivity contribution in [3.8, 4) is 0 Å². The number of halogens is 3. The van der Waals surface area contributed by atoms with Gasteiger partial charge in [-0.15, -0.1) is 0 Å². The summed E-state index contributed by atoms with van der Waals surface area (Å²) in [4.78, 5) is 34.4. The minimum absolute atomic E-state index is 0.0333. The molecule has 0 heterocycles. The highest BCUT2D eigenvalue weighted by Crippen LogP contribution is 2.32. The summed E-state index contributed by atoms with van der Waals surface area (Å²) < 4.78 is 38.8. The quantitative estimate of drug-likeness (QED) is 0.764. The second-order valence-corrected chi connectivity index (χ2v) is 5.42. The standard InChI is InChI=1S/C15H17F3N2O4/c1-4-14(3,13(23)24)20-12(22)9-5-10(15(16,17)18)7-11(6-9)19-8(2)21/h5-7H,4H2,1-3H3,(H,19,21)(H,20,22)(H,23,24). The zero-order valence-corrected chi connectivity index (χ0v) is 13.2. The summed E-state index contributed by atoms with van der Waals surface area (Å²) in [6.45, 7) is 3.87. The van der Waals surface area contributed by atoms with Gasteiger partial charge in [-0.1, -0.05) is 6.92 Å². The first-order valence-corrected chi connectivity index (χ1v) is 6.95. The second-order valence-electron chi connectivity index (χ2n) is 5.42. The number of carbonyl (C=O) groups excluding carboxylic acids is 2. The molecule has 6 nitrogen and oxygen atoms in total. The van der Waals surface area contributed by atoms with Crippen molar-refractivity contribution < 1.29 is 32.7 Å². The number of benzene rings is 1. The normalized spacial score (nSPS) is 13.8. The van der Waals surface area contributed by atoms with Crippen molar-refractivity contribution in [3.63, 3.8) is 0 Å². The van der Waals surface area contributed by atoms with E-state index in [1.165, 1.54) is 13.8 Å². The number of rotatable bonds is 5. The van der Waals surface area contributed by atoms with Crippen LogP contribution in [-0.2, 0) is 15.8 Å². The number of carboxylic acid groups (broad SMARTS) is 1. The fourth-order valence-corrected chi connectivity index (χ4v) is 1.81. The molecular weight excluding hydrogens is 329 g/mol. The topological polar surface area (TPSA) is 95.5 Å². The summed E-state index contributed by atoms with van der Waals surface area (Å²) in [6, 6.07) is 2.33. The summed E-state index contributed by atoms with van der Waals surface area (Å²) in [5, 5.41) is 13.5. The monoisotopic (exact) mass is 346 g/mol. The highest BCUT2D eigenvalue weighted by Gasteiger charge is 2.35. The molecule has 1 unspecified atom stereocenters. The molecule has 0 aliphatic carbocycles. The molecule has 0 saturated heterocycles. The Morgan fingerprint density at radius 2 is 1.75 bits per heavy atom. The maximum Gasteiger partial charge on any atom is 0.416 e. The van der Waals surface area contributed by atoms with Gasteiger partial charge >= 0.3 is 12.1 Å². The number of aliphatic carboxylic acids is 1. The van der Waals surface area contributed by atoms with Gasteiger partial charge < -0.3 is 15.7 Å². The molecule has 1 atom stereocenters. The number of alkyl halides is 3. The predicted molar refractivity (Wildman–Crippen MR) is 79.5 cm³/mol. The molecule has 3 N–H and O–H groups in total. The van der Waals surface area contributed by atoms with Crippen LogP contribution in [0.5, 0.6) is 0 Å². The molecule has 1 aromatic rings. The molecule has 1 aromatic carbocycles. The zero-order chi connectivity index (χ0) is 18.7. The third-order valence-corrected chi connectivity index (χ3v) is 3.41. The summed E-state index contributed by atoms with van der Waals surface area (Å²) in [6.07, 6.45) is -4.70. The molecule has 0 saturated carbocycles. The van der Waals surface area contributed by atoms with Crippen molar-refractivity contribution >= 4 is 23.5 Å². The first-order valence-electron chi connectivity index (χ1n) is 6.95. The van der Waals surface area contributed by atoms with Crippen molar-refractivity contribution in [2.75, 3.05) is 5.32 Å². The lowest BCUT2D eigenvalue weighted by Gasteiger charge is -2.25. The lowest BCUT2D eigenvalue weighted by molar-refractivity contribution is -0.144. The van der Waals surface area contributed by atoms with Crippen molar-refractivity contribution in [1.29, 1.82) is 0 Å². The molecule has 0 fully saturated rings. The Labute approximate surface area is 136 Å². The van der Waals surface area contributed by atoms with Crippen molar-refractivity contribution in [2.45, 2.75) is 38.9 Å². The van der Waals surface area contributed by atoms with Crippen LogP contribution in [0.15, 0.2) is 18.2 Å². The first-order chi connectivity index (χ1) is 10.9. The van der Waals surface area contributed by atoms with E-state index in [1.54, 1.807) is 0 Å². The Kier molecular flexibility index (Phi) is 5.59. The van der Waals surface area contributed by atoms with Gasteiger partial charge in [0.1, 0.15) is 5.54 Å². The smallest absolute Gasteiger partial charge is 0.416 e. The highest BCUT2D eigenvalue weighted by molar-refractivity contribution is 5.99. The number of carbonyl (C=O) groups is 3. The maximum atomic E-state index is 12.9. The summed E-state index contributed by atoms with van der Waals surface area (Å²) in [7, 11) is 0. The van der Waals surface area contributed by atoms with E-state index in [-0.39, 0.29) is 12.1 Å². The van der Waals surface area contributed by atoms with E-state index in [0.717, 1.165) is 13.0 Å². The largest absolute Gasteiger partial charge is 0.480 e. The SMILES string of the molecule is CCC(C)(NC(=O)c1cc(NC(C)=O)cc(C(F)(F)F)c1)C(=O)O. The number of carboxylic acids is 1. The molecule has 0 spiro atoms. The van der Waals surface area contributed by atoms with Crippen LogP contribution in [0.1, 0.15) is 43.1 Å².